The Hall–Kier alpha value is -1.05. The SMILES string of the molecule is Cc1oc(C(C)(C)C)cc1C(=O)CC(C)(C)C. The van der Waals surface area contributed by atoms with Gasteiger partial charge in [0, 0.05) is 11.8 Å². The van der Waals surface area contributed by atoms with E-state index in [1.165, 1.54) is 0 Å². The van der Waals surface area contributed by atoms with Crippen LogP contribution in [0.25, 0.3) is 0 Å². The predicted octanol–water partition coefficient (Wildman–Crippen LogP) is 4.50. The van der Waals surface area contributed by atoms with Crippen molar-refractivity contribution in [3.05, 3.63) is 23.2 Å². The number of rotatable bonds is 2. The Morgan fingerprint density at radius 1 is 1.18 bits per heavy atom. The first-order valence-corrected chi connectivity index (χ1v) is 6.15. The Labute approximate surface area is 104 Å². The molecule has 0 saturated carbocycles. The Morgan fingerprint density at radius 3 is 2.06 bits per heavy atom. The number of hydrogen-bond acceptors (Lipinski definition) is 2. The molecule has 0 atom stereocenters. The predicted molar refractivity (Wildman–Crippen MR) is 70.5 cm³/mol. The number of ketones is 1. The molecule has 0 spiro atoms. The van der Waals surface area contributed by atoms with Crippen molar-refractivity contribution >= 4 is 5.78 Å². The number of hydrogen-bond donors (Lipinski definition) is 0. The Kier molecular flexibility index (Phi) is 3.56. The quantitative estimate of drug-likeness (QED) is 0.707. The smallest absolute Gasteiger partial charge is 0.166 e. The van der Waals surface area contributed by atoms with Crippen molar-refractivity contribution in [2.45, 2.75) is 60.3 Å². The summed E-state index contributed by atoms with van der Waals surface area (Å²) in [6.07, 6.45) is 0.553. The summed E-state index contributed by atoms with van der Waals surface area (Å²) in [5, 5.41) is 0. The van der Waals surface area contributed by atoms with Crippen LogP contribution in [0.3, 0.4) is 0 Å². The molecule has 1 aromatic rings. The van der Waals surface area contributed by atoms with Gasteiger partial charge in [0.15, 0.2) is 5.78 Å². The third-order valence-corrected chi connectivity index (χ3v) is 2.65. The van der Waals surface area contributed by atoms with Crippen LogP contribution >= 0.6 is 0 Å². The van der Waals surface area contributed by atoms with E-state index < -0.39 is 0 Å². The molecule has 96 valence electrons. The molecule has 0 aliphatic heterocycles. The van der Waals surface area contributed by atoms with Crippen LogP contribution in [0.5, 0.6) is 0 Å². The van der Waals surface area contributed by atoms with E-state index >= 15 is 0 Å². The summed E-state index contributed by atoms with van der Waals surface area (Å²) >= 11 is 0. The van der Waals surface area contributed by atoms with Crippen molar-refractivity contribution in [1.29, 1.82) is 0 Å². The van der Waals surface area contributed by atoms with Gasteiger partial charge in [-0.15, -0.1) is 0 Å². The topological polar surface area (TPSA) is 30.2 Å². The molecule has 1 aromatic heterocycles. The number of aryl methyl sites for hydroxylation is 1. The largest absolute Gasteiger partial charge is 0.465 e. The van der Waals surface area contributed by atoms with Crippen molar-refractivity contribution in [2.24, 2.45) is 5.41 Å². The number of carbonyl (C=O) groups is 1. The molecule has 1 heterocycles. The fourth-order valence-corrected chi connectivity index (χ4v) is 1.71. The summed E-state index contributed by atoms with van der Waals surface area (Å²) in [6, 6.07) is 1.91. The van der Waals surface area contributed by atoms with Crippen LogP contribution in [0.2, 0.25) is 0 Å². The van der Waals surface area contributed by atoms with Gasteiger partial charge < -0.3 is 4.42 Å². The standard InChI is InChI=1S/C15H24O2/c1-10-11(12(16)9-14(2,3)4)8-13(17-10)15(5,6)7/h8H,9H2,1-7H3. The zero-order chi connectivity index (χ0) is 13.4. The van der Waals surface area contributed by atoms with Gasteiger partial charge in [-0.05, 0) is 18.4 Å². The van der Waals surface area contributed by atoms with E-state index in [9.17, 15) is 4.79 Å². The average molecular weight is 236 g/mol. The second-order valence-electron chi connectivity index (χ2n) is 6.99. The first-order valence-electron chi connectivity index (χ1n) is 6.15. The molecule has 2 nitrogen and oxygen atoms in total. The van der Waals surface area contributed by atoms with Gasteiger partial charge in [0.25, 0.3) is 0 Å². The molecule has 0 aliphatic rings. The van der Waals surface area contributed by atoms with Crippen LogP contribution in [0, 0.1) is 12.3 Å². The molecule has 2 heteroatoms. The van der Waals surface area contributed by atoms with Crippen molar-refractivity contribution in [3.63, 3.8) is 0 Å². The van der Waals surface area contributed by atoms with Crippen LogP contribution in [0.4, 0.5) is 0 Å². The zero-order valence-corrected chi connectivity index (χ0v) is 12.1. The fraction of sp³-hybridized carbons (Fsp3) is 0.667. The summed E-state index contributed by atoms with van der Waals surface area (Å²) in [7, 11) is 0. The van der Waals surface area contributed by atoms with E-state index in [2.05, 4.69) is 41.5 Å². The molecule has 1 rings (SSSR count). The van der Waals surface area contributed by atoms with E-state index in [0.29, 0.717) is 6.42 Å². The molecule has 17 heavy (non-hydrogen) atoms. The van der Waals surface area contributed by atoms with E-state index in [4.69, 9.17) is 4.42 Å². The maximum absolute atomic E-state index is 12.2. The molecule has 0 aliphatic carbocycles. The van der Waals surface area contributed by atoms with Crippen molar-refractivity contribution in [2.75, 3.05) is 0 Å². The average Bonchev–Trinajstić information content (AvgIpc) is 2.42. The van der Waals surface area contributed by atoms with Gasteiger partial charge in [-0.1, -0.05) is 41.5 Å². The van der Waals surface area contributed by atoms with Gasteiger partial charge in [-0.2, -0.15) is 0 Å². The second kappa shape index (κ2) is 4.32. The van der Waals surface area contributed by atoms with Gasteiger partial charge in [0.2, 0.25) is 0 Å². The van der Waals surface area contributed by atoms with Gasteiger partial charge in [0.1, 0.15) is 11.5 Å². The van der Waals surface area contributed by atoms with Gasteiger partial charge in [-0.3, -0.25) is 4.79 Å². The first kappa shape index (κ1) is 14.0. The first-order chi connectivity index (χ1) is 7.50. The van der Waals surface area contributed by atoms with E-state index in [1.54, 1.807) is 0 Å². The van der Waals surface area contributed by atoms with Crippen LogP contribution < -0.4 is 0 Å². The maximum atomic E-state index is 12.2. The highest BCUT2D eigenvalue weighted by molar-refractivity contribution is 5.97. The lowest BCUT2D eigenvalue weighted by Gasteiger charge is -2.16. The fourth-order valence-electron chi connectivity index (χ4n) is 1.71. The molecule has 0 N–H and O–H groups in total. The molecule has 0 amide bonds. The third-order valence-electron chi connectivity index (χ3n) is 2.65. The lowest BCUT2D eigenvalue weighted by Crippen LogP contribution is -2.13. The van der Waals surface area contributed by atoms with E-state index in [1.807, 2.05) is 13.0 Å². The Balaban J connectivity index is 3.00. The van der Waals surface area contributed by atoms with Crippen molar-refractivity contribution < 1.29 is 9.21 Å². The molecule has 0 unspecified atom stereocenters. The number of furan rings is 1. The molecule has 0 saturated heterocycles. The highest BCUT2D eigenvalue weighted by Crippen LogP contribution is 2.29. The van der Waals surface area contributed by atoms with E-state index in [-0.39, 0.29) is 16.6 Å². The third kappa shape index (κ3) is 3.72. The van der Waals surface area contributed by atoms with Crippen LogP contribution in [-0.2, 0) is 5.41 Å². The van der Waals surface area contributed by atoms with Gasteiger partial charge in [0.05, 0.1) is 5.56 Å². The molecule has 0 fully saturated rings. The normalized spacial score (nSPS) is 12.9. The molecule has 0 bridgehead atoms. The highest BCUT2D eigenvalue weighted by Gasteiger charge is 2.25. The molecular formula is C15H24O2. The molecule has 0 aromatic carbocycles. The summed E-state index contributed by atoms with van der Waals surface area (Å²) in [5.74, 6) is 1.80. The Bertz CT molecular complexity index is 411. The minimum atomic E-state index is -0.0506. The van der Waals surface area contributed by atoms with Crippen LogP contribution in [0.1, 0.15) is 69.8 Å². The molecule has 0 radical (unpaired) electrons. The summed E-state index contributed by atoms with van der Waals surface area (Å²) in [6.45, 7) is 14.3. The van der Waals surface area contributed by atoms with Gasteiger partial charge in [-0.25, -0.2) is 0 Å². The summed E-state index contributed by atoms with van der Waals surface area (Å²) < 4.78 is 5.69. The Morgan fingerprint density at radius 2 is 1.71 bits per heavy atom. The number of carbonyl (C=O) groups excluding carboxylic acids is 1. The van der Waals surface area contributed by atoms with Crippen molar-refractivity contribution in [3.8, 4) is 0 Å². The zero-order valence-electron chi connectivity index (χ0n) is 12.1. The maximum Gasteiger partial charge on any atom is 0.166 e. The molecular weight excluding hydrogens is 212 g/mol. The van der Waals surface area contributed by atoms with Crippen LogP contribution in [0.15, 0.2) is 10.5 Å². The summed E-state index contributed by atoms with van der Waals surface area (Å²) in [5.41, 5.74) is 0.707. The minimum Gasteiger partial charge on any atom is -0.465 e. The van der Waals surface area contributed by atoms with Gasteiger partial charge >= 0.3 is 0 Å². The second-order valence-corrected chi connectivity index (χ2v) is 6.99. The monoisotopic (exact) mass is 236 g/mol. The van der Waals surface area contributed by atoms with E-state index in [0.717, 1.165) is 17.1 Å². The highest BCUT2D eigenvalue weighted by atomic mass is 16.3. The lowest BCUT2D eigenvalue weighted by molar-refractivity contribution is 0.0938. The number of Topliss-reactive ketones (excluding diaryl/α,β-unsaturated/α-hetero) is 1. The summed E-state index contributed by atoms with van der Waals surface area (Å²) in [4.78, 5) is 12.2. The minimum absolute atomic E-state index is 0.0166. The lowest BCUT2D eigenvalue weighted by atomic mass is 9.87. The van der Waals surface area contributed by atoms with Crippen molar-refractivity contribution in [1.82, 2.24) is 0 Å². The van der Waals surface area contributed by atoms with Crippen LogP contribution in [-0.4, -0.2) is 5.78 Å².